The zero-order valence-electron chi connectivity index (χ0n) is 60.3. The Hall–Kier alpha value is -13.7. The summed E-state index contributed by atoms with van der Waals surface area (Å²) in [6.07, 6.45) is 0. The van der Waals surface area contributed by atoms with Gasteiger partial charge < -0.3 is 9.80 Å². The number of anilines is 6. The van der Waals surface area contributed by atoms with Crippen LogP contribution in [0.1, 0.15) is 47.2 Å². The molecule has 20 rings (SSSR count). The van der Waals surface area contributed by atoms with Gasteiger partial charge >= 0.3 is 0 Å². The smallest absolute Gasteiger partial charge is 0.0714 e. The van der Waals surface area contributed by atoms with E-state index in [2.05, 4.69) is 448 Å². The highest BCUT2D eigenvalue weighted by atomic mass is 15.1. The fraction of sp³-hybridized carbons (Fsp3) is 0.0377. The van der Waals surface area contributed by atoms with Gasteiger partial charge in [0, 0.05) is 39.5 Å². The van der Waals surface area contributed by atoms with Gasteiger partial charge in [0.15, 0.2) is 0 Å². The molecule has 108 heavy (non-hydrogen) atoms. The first-order chi connectivity index (χ1) is 53.3. The van der Waals surface area contributed by atoms with Crippen molar-refractivity contribution >= 4 is 66.4 Å². The summed E-state index contributed by atoms with van der Waals surface area (Å²) in [4.78, 5) is 4.80. The highest BCUT2D eigenvalue weighted by Crippen LogP contribution is 2.58. The topological polar surface area (TPSA) is 6.48 Å². The van der Waals surface area contributed by atoms with Crippen molar-refractivity contribution in [2.45, 2.75) is 24.7 Å². The van der Waals surface area contributed by atoms with Gasteiger partial charge in [0.05, 0.1) is 5.41 Å². The van der Waals surface area contributed by atoms with Crippen LogP contribution in [0.25, 0.3) is 110 Å². The number of nitrogens with zero attached hydrogens (tertiary/aromatic N) is 2. The lowest BCUT2D eigenvalue weighted by molar-refractivity contribution is 0.660. The first-order valence-corrected chi connectivity index (χ1v) is 37.5. The van der Waals surface area contributed by atoms with E-state index in [1.165, 1.54) is 144 Å². The Morgan fingerprint density at radius 2 is 0.491 bits per heavy atom. The summed E-state index contributed by atoms with van der Waals surface area (Å²) < 4.78 is 0. The van der Waals surface area contributed by atoms with Gasteiger partial charge in [-0.3, -0.25) is 0 Å². The maximum Gasteiger partial charge on any atom is 0.0714 e. The second kappa shape index (κ2) is 27.4. The van der Waals surface area contributed by atoms with Crippen molar-refractivity contribution in [2.75, 3.05) is 9.80 Å². The molecule has 18 aromatic rings. The monoisotopic (exact) mass is 1380 g/mol. The predicted molar refractivity (Wildman–Crippen MR) is 457 cm³/mol. The molecular weight excluding hydrogens is 1300 g/mol. The fourth-order valence-electron chi connectivity index (χ4n) is 17.4. The SMILES string of the molecule is CC1(C)c2ccccc2-c2ccc(N(c3ccc(-c4ccc5cccc(-c6ccccc6)c5c4)cc3)c3ccc(-c4cccc5ccccc45)cc3)cc21.c1ccc(-c2cccc3ccc(-c4ccc(N(c5ccccc5)c5ccc6c(c5)C(c5ccccc5)(c5ccccc5)c5ccccc5-6)cc4)cc23)cc1. The third-order valence-corrected chi connectivity index (χ3v) is 22.6. The lowest BCUT2D eigenvalue weighted by atomic mass is 9.67. The predicted octanol–water partition coefficient (Wildman–Crippen LogP) is 28.8. The van der Waals surface area contributed by atoms with E-state index in [9.17, 15) is 0 Å². The second-order valence-corrected chi connectivity index (χ2v) is 29.0. The van der Waals surface area contributed by atoms with Crippen LogP contribution in [0.15, 0.2) is 425 Å². The van der Waals surface area contributed by atoms with E-state index >= 15 is 0 Å². The molecule has 0 aromatic heterocycles. The third-order valence-electron chi connectivity index (χ3n) is 22.6. The van der Waals surface area contributed by atoms with Gasteiger partial charge in [0.25, 0.3) is 0 Å². The van der Waals surface area contributed by atoms with E-state index < -0.39 is 5.41 Å². The molecule has 0 spiro atoms. The average molecular weight is 1380 g/mol. The molecule has 0 N–H and O–H groups in total. The van der Waals surface area contributed by atoms with Crippen LogP contribution in [-0.4, -0.2) is 0 Å². The molecule has 510 valence electrons. The van der Waals surface area contributed by atoms with Crippen LogP contribution >= 0.6 is 0 Å². The van der Waals surface area contributed by atoms with Gasteiger partial charge in [0.1, 0.15) is 0 Å². The van der Waals surface area contributed by atoms with Crippen LogP contribution in [0, 0.1) is 0 Å². The third kappa shape index (κ3) is 11.5. The molecule has 0 fully saturated rings. The van der Waals surface area contributed by atoms with Gasteiger partial charge in [-0.1, -0.05) is 354 Å². The number of para-hydroxylation sites is 1. The van der Waals surface area contributed by atoms with E-state index in [1.807, 2.05) is 0 Å². The highest BCUT2D eigenvalue weighted by Gasteiger charge is 2.46. The molecule has 0 radical (unpaired) electrons. The van der Waals surface area contributed by atoms with Gasteiger partial charge in [0.2, 0.25) is 0 Å². The van der Waals surface area contributed by atoms with E-state index in [-0.39, 0.29) is 5.41 Å². The highest BCUT2D eigenvalue weighted by molar-refractivity contribution is 6.02. The summed E-state index contributed by atoms with van der Waals surface area (Å²) >= 11 is 0. The minimum atomic E-state index is -0.467. The van der Waals surface area contributed by atoms with Crippen molar-refractivity contribution in [3.8, 4) is 77.9 Å². The van der Waals surface area contributed by atoms with E-state index in [0.29, 0.717) is 0 Å². The van der Waals surface area contributed by atoms with Crippen molar-refractivity contribution in [2.24, 2.45) is 0 Å². The van der Waals surface area contributed by atoms with E-state index in [0.717, 1.165) is 34.1 Å². The minimum absolute atomic E-state index is 0.0929. The van der Waals surface area contributed by atoms with Crippen LogP contribution in [0.4, 0.5) is 34.1 Å². The molecule has 0 amide bonds. The Morgan fingerprint density at radius 1 is 0.176 bits per heavy atom. The molecule has 18 aromatic carbocycles. The quantitative estimate of drug-likeness (QED) is 0.114. The number of rotatable bonds is 13. The first-order valence-electron chi connectivity index (χ1n) is 37.5. The van der Waals surface area contributed by atoms with Gasteiger partial charge in [-0.15, -0.1) is 0 Å². The lowest BCUT2D eigenvalue weighted by Crippen LogP contribution is -2.28. The van der Waals surface area contributed by atoms with Crippen LogP contribution in [0.2, 0.25) is 0 Å². The Labute approximate surface area is 632 Å². The minimum Gasteiger partial charge on any atom is -0.310 e. The summed E-state index contributed by atoms with van der Waals surface area (Å²) in [5, 5.41) is 7.54. The number of benzene rings is 18. The van der Waals surface area contributed by atoms with Crippen molar-refractivity contribution < 1.29 is 0 Å². The van der Waals surface area contributed by atoms with E-state index in [4.69, 9.17) is 0 Å². The Kier molecular flexibility index (Phi) is 16.5. The molecule has 2 aliphatic carbocycles. The zero-order chi connectivity index (χ0) is 72.1. The summed E-state index contributed by atoms with van der Waals surface area (Å²) in [6.45, 7) is 4.71. The number of hydrogen-bond acceptors (Lipinski definition) is 2. The van der Waals surface area contributed by atoms with Crippen molar-refractivity contribution in [1.82, 2.24) is 0 Å². The molecular formula is C106H76N2. The molecule has 0 atom stereocenters. The molecule has 0 unspecified atom stereocenters. The van der Waals surface area contributed by atoms with E-state index in [1.54, 1.807) is 0 Å². The first kappa shape index (κ1) is 65.1. The van der Waals surface area contributed by atoms with Crippen LogP contribution < -0.4 is 9.80 Å². The standard InChI is InChI=1S/C53H37N.C53H39N/c1-5-16-39(17-6-1)47-26-15-18-40-28-29-41(36-50(40)47)38-30-32-45(33-31-38)54(44-23-11-4-12-24-44)46-34-35-49-48-25-13-14-27-51(48)53(52(49)37-46,42-19-7-2-8-20-42)43-21-9-3-10-22-43;1-53(2)51-21-9-8-18-48(51)49-33-32-44(35-52(49)53)54(43-30-26-40(27-31-43)46-19-10-15-38-14-6-7-17-45(38)46)42-28-24-36(25-29-42)41-23-22-39-16-11-20-47(50(39)34-41)37-12-4-3-5-13-37/h1-37H;3-35H,1-2H3. The van der Waals surface area contributed by atoms with Gasteiger partial charge in [-0.2, -0.15) is 0 Å². The van der Waals surface area contributed by atoms with Crippen molar-refractivity contribution in [1.29, 1.82) is 0 Å². The van der Waals surface area contributed by atoms with Gasteiger partial charge in [-0.05, 0) is 229 Å². The molecule has 0 heterocycles. The summed E-state index contributed by atoms with van der Waals surface area (Å²) in [6, 6.07) is 155. The normalized spacial score (nSPS) is 12.7. The van der Waals surface area contributed by atoms with Crippen LogP contribution in [-0.2, 0) is 10.8 Å². The summed E-state index contributed by atoms with van der Waals surface area (Å²) in [5.41, 5.74) is 31.5. The van der Waals surface area contributed by atoms with Crippen LogP contribution in [0.5, 0.6) is 0 Å². The fourth-order valence-corrected chi connectivity index (χ4v) is 17.4. The lowest BCUT2D eigenvalue weighted by Gasteiger charge is -2.35. The molecule has 0 aliphatic heterocycles. The van der Waals surface area contributed by atoms with Crippen molar-refractivity contribution in [3.05, 3.63) is 458 Å². The molecule has 0 saturated carbocycles. The van der Waals surface area contributed by atoms with Gasteiger partial charge in [-0.25, -0.2) is 0 Å². The Bertz CT molecular complexity index is 6300. The summed E-state index contributed by atoms with van der Waals surface area (Å²) in [7, 11) is 0. The molecule has 0 saturated heterocycles. The molecule has 2 nitrogen and oxygen atoms in total. The second-order valence-electron chi connectivity index (χ2n) is 29.0. The van der Waals surface area contributed by atoms with Crippen molar-refractivity contribution in [3.63, 3.8) is 0 Å². The molecule has 2 heteroatoms. The molecule has 2 aliphatic rings. The Balaban J connectivity index is 0.000000147. The maximum absolute atomic E-state index is 2.44. The average Bonchev–Trinajstić information content (AvgIpc) is 1.54. The van der Waals surface area contributed by atoms with Crippen LogP contribution in [0.3, 0.4) is 0 Å². The number of fused-ring (bicyclic) bond motifs is 9. The Morgan fingerprint density at radius 3 is 0.991 bits per heavy atom. The summed E-state index contributed by atoms with van der Waals surface area (Å²) in [5.74, 6) is 0. The zero-order valence-corrected chi connectivity index (χ0v) is 60.3. The number of hydrogen-bond donors (Lipinski definition) is 0. The molecule has 0 bridgehead atoms. The largest absolute Gasteiger partial charge is 0.310 e. The maximum atomic E-state index is 2.44.